The maximum atomic E-state index is 12.2. The lowest BCUT2D eigenvalue weighted by Gasteiger charge is -2.38. The van der Waals surface area contributed by atoms with E-state index >= 15 is 0 Å². The molecule has 0 unspecified atom stereocenters. The number of aromatic nitrogens is 2. The highest BCUT2D eigenvalue weighted by molar-refractivity contribution is 5.81. The van der Waals surface area contributed by atoms with Crippen LogP contribution in [0.4, 0.5) is 0 Å². The fraction of sp³-hybridized carbons (Fsp3) is 0.600. The number of piperidine rings is 1. The average Bonchev–Trinajstić information content (AvgIpc) is 2.48. The summed E-state index contributed by atoms with van der Waals surface area (Å²) in [6.07, 6.45) is 4.17. The SMILES string of the molecule is C[C@@H]1CCC[C@H](C)N1C(=O)COC(=O)Cn1ccc(=O)[nH]c1=O. The van der Waals surface area contributed by atoms with E-state index in [2.05, 4.69) is 0 Å². The standard InChI is InChI=1S/C15H21N3O5/c1-10-4-3-5-11(2)18(10)13(20)9-23-14(21)8-17-7-6-12(19)16-15(17)22/h6-7,10-11H,3-5,8-9H2,1-2H3,(H,16,19,22)/t10-,11+. The molecule has 1 aliphatic heterocycles. The van der Waals surface area contributed by atoms with Crippen LogP contribution in [0.15, 0.2) is 21.9 Å². The van der Waals surface area contributed by atoms with Gasteiger partial charge in [-0.15, -0.1) is 0 Å². The third-order valence-electron chi connectivity index (χ3n) is 4.03. The van der Waals surface area contributed by atoms with Crippen molar-refractivity contribution in [2.75, 3.05) is 6.61 Å². The van der Waals surface area contributed by atoms with Crippen LogP contribution in [0.25, 0.3) is 0 Å². The van der Waals surface area contributed by atoms with E-state index < -0.39 is 17.2 Å². The molecule has 1 aromatic heterocycles. The van der Waals surface area contributed by atoms with Crippen molar-refractivity contribution in [2.45, 2.75) is 51.7 Å². The number of hydrogen-bond donors (Lipinski definition) is 1. The van der Waals surface area contributed by atoms with Gasteiger partial charge in [0.15, 0.2) is 6.61 Å². The summed E-state index contributed by atoms with van der Waals surface area (Å²) in [6.45, 7) is 3.27. The van der Waals surface area contributed by atoms with Crippen LogP contribution in [0.2, 0.25) is 0 Å². The quantitative estimate of drug-likeness (QED) is 0.778. The molecule has 8 heteroatoms. The number of esters is 1. The molecular weight excluding hydrogens is 302 g/mol. The van der Waals surface area contributed by atoms with Crippen LogP contribution in [-0.4, -0.2) is 45.0 Å². The monoisotopic (exact) mass is 323 g/mol. The fourth-order valence-corrected chi connectivity index (χ4v) is 2.88. The number of likely N-dealkylation sites (tertiary alicyclic amines) is 1. The van der Waals surface area contributed by atoms with E-state index in [4.69, 9.17) is 4.74 Å². The number of ether oxygens (including phenoxy) is 1. The number of nitrogens with zero attached hydrogens (tertiary/aromatic N) is 2. The predicted molar refractivity (Wildman–Crippen MR) is 81.9 cm³/mol. The number of H-pyrrole nitrogens is 1. The summed E-state index contributed by atoms with van der Waals surface area (Å²) in [6, 6.07) is 1.40. The summed E-state index contributed by atoms with van der Waals surface area (Å²) in [5, 5.41) is 0. The second-order valence-electron chi connectivity index (χ2n) is 5.83. The van der Waals surface area contributed by atoms with Crippen molar-refractivity contribution >= 4 is 11.9 Å². The normalized spacial score (nSPS) is 21.0. The van der Waals surface area contributed by atoms with Crippen LogP contribution in [0.3, 0.4) is 0 Å². The Morgan fingerprint density at radius 1 is 1.26 bits per heavy atom. The Balaban J connectivity index is 1.89. The van der Waals surface area contributed by atoms with Gasteiger partial charge < -0.3 is 9.64 Å². The second-order valence-corrected chi connectivity index (χ2v) is 5.83. The molecule has 1 amide bonds. The molecule has 0 aliphatic carbocycles. The lowest BCUT2D eigenvalue weighted by atomic mass is 9.97. The van der Waals surface area contributed by atoms with Crippen molar-refractivity contribution < 1.29 is 14.3 Å². The molecule has 1 aliphatic rings. The zero-order valence-electron chi connectivity index (χ0n) is 13.3. The maximum absolute atomic E-state index is 12.2. The van der Waals surface area contributed by atoms with E-state index in [0.29, 0.717) is 0 Å². The molecule has 1 fully saturated rings. The first kappa shape index (κ1) is 17.0. The van der Waals surface area contributed by atoms with E-state index in [-0.39, 0.29) is 31.1 Å². The van der Waals surface area contributed by atoms with Crippen molar-refractivity contribution in [1.29, 1.82) is 0 Å². The number of rotatable bonds is 4. The summed E-state index contributed by atoms with van der Waals surface area (Å²) in [5.41, 5.74) is -1.23. The number of hydrogen-bond acceptors (Lipinski definition) is 5. The van der Waals surface area contributed by atoms with Crippen molar-refractivity contribution in [3.63, 3.8) is 0 Å². The highest BCUT2D eigenvalue weighted by Crippen LogP contribution is 2.22. The molecule has 0 saturated carbocycles. The van der Waals surface area contributed by atoms with Crippen LogP contribution in [0.1, 0.15) is 33.1 Å². The number of carbonyl (C=O) groups excluding carboxylic acids is 2. The van der Waals surface area contributed by atoms with Gasteiger partial charge in [0.05, 0.1) is 0 Å². The molecule has 8 nitrogen and oxygen atoms in total. The maximum Gasteiger partial charge on any atom is 0.328 e. The van der Waals surface area contributed by atoms with Gasteiger partial charge in [-0.25, -0.2) is 4.79 Å². The van der Waals surface area contributed by atoms with E-state index in [1.807, 2.05) is 18.8 Å². The predicted octanol–water partition coefficient (Wildman–Crippen LogP) is -0.131. The first-order chi connectivity index (χ1) is 10.9. The highest BCUT2D eigenvalue weighted by Gasteiger charge is 2.29. The molecule has 1 saturated heterocycles. The molecule has 126 valence electrons. The molecule has 2 atom stereocenters. The first-order valence-electron chi connectivity index (χ1n) is 7.65. The van der Waals surface area contributed by atoms with Crippen LogP contribution >= 0.6 is 0 Å². The Morgan fingerprint density at radius 3 is 2.52 bits per heavy atom. The molecule has 23 heavy (non-hydrogen) atoms. The summed E-state index contributed by atoms with van der Waals surface area (Å²) >= 11 is 0. The zero-order valence-corrected chi connectivity index (χ0v) is 13.3. The van der Waals surface area contributed by atoms with Gasteiger partial charge in [0.25, 0.3) is 11.5 Å². The van der Waals surface area contributed by atoms with Gasteiger partial charge in [0.2, 0.25) is 0 Å². The van der Waals surface area contributed by atoms with Crippen molar-refractivity contribution in [3.05, 3.63) is 33.1 Å². The van der Waals surface area contributed by atoms with E-state index in [1.165, 1.54) is 6.20 Å². The Hall–Kier alpha value is -2.38. The topological polar surface area (TPSA) is 101 Å². The van der Waals surface area contributed by atoms with Crippen LogP contribution in [-0.2, 0) is 20.9 Å². The minimum absolute atomic E-state index is 0.131. The number of carbonyl (C=O) groups is 2. The van der Waals surface area contributed by atoms with Gasteiger partial charge in [0.1, 0.15) is 6.54 Å². The molecule has 2 rings (SSSR count). The molecule has 0 spiro atoms. The van der Waals surface area contributed by atoms with Gasteiger partial charge in [0, 0.05) is 24.3 Å². The average molecular weight is 323 g/mol. The molecule has 1 N–H and O–H groups in total. The van der Waals surface area contributed by atoms with Gasteiger partial charge in [-0.1, -0.05) is 0 Å². The molecule has 1 aromatic rings. The molecule has 0 bridgehead atoms. The second kappa shape index (κ2) is 7.26. The van der Waals surface area contributed by atoms with E-state index in [9.17, 15) is 19.2 Å². The molecule has 0 radical (unpaired) electrons. The largest absolute Gasteiger partial charge is 0.454 e. The minimum atomic E-state index is -0.704. The Labute approximate surface area is 133 Å². The van der Waals surface area contributed by atoms with Gasteiger partial charge >= 0.3 is 11.7 Å². The number of nitrogens with one attached hydrogen (secondary N) is 1. The summed E-state index contributed by atoms with van der Waals surface area (Å²) in [4.78, 5) is 50.2. The Kier molecular flexibility index (Phi) is 5.36. The Bertz CT molecular complexity index is 683. The Morgan fingerprint density at radius 2 is 1.91 bits per heavy atom. The third-order valence-corrected chi connectivity index (χ3v) is 4.03. The molecular formula is C15H21N3O5. The summed E-state index contributed by atoms with van der Waals surface area (Å²) < 4.78 is 5.98. The lowest BCUT2D eigenvalue weighted by molar-refractivity contribution is -0.155. The lowest BCUT2D eigenvalue weighted by Crippen LogP contribution is -2.49. The first-order valence-corrected chi connectivity index (χ1v) is 7.65. The van der Waals surface area contributed by atoms with Gasteiger partial charge in [-0.05, 0) is 33.1 Å². The van der Waals surface area contributed by atoms with Crippen molar-refractivity contribution in [2.24, 2.45) is 0 Å². The highest BCUT2D eigenvalue weighted by atomic mass is 16.5. The third kappa shape index (κ3) is 4.30. The number of amides is 1. The zero-order chi connectivity index (χ0) is 17.0. The minimum Gasteiger partial charge on any atom is -0.454 e. The molecule has 2 heterocycles. The summed E-state index contributed by atoms with van der Waals surface area (Å²) in [7, 11) is 0. The molecule has 0 aromatic carbocycles. The van der Waals surface area contributed by atoms with Crippen LogP contribution < -0.4 is 11.2 Å². The summed E-state index contributed by atoms with van der Waals surface area (Å²) in [5.74, 6) is -0.934. The van der Waals surface area contributed by atoms with Gasteiger partial charge in [-0.2, -0.15) is 0 Å². The van der Waals surface area contributed by atoms with Crippen LogP contribution in [0, 0.1) is 0 Å². The smallest absolute Gasteiger partial charge is 0.328 e. The fourth-order valence-electron chi connectivity index (χ4n) is 2.88. The van der Waals surface area contributed by atoms with Gasteiger partial charge in [-0.3, -0.25) is 23.9 Å². The van der Waals surface area contributed by atoms with Crippen LogP contribution in [0.5, 0.6) is 0 Å². The van der Waals surface area contributed by atoms with Crippen molar-refractivity contribution in [3.8, 4) is 0 Å². The van der Waals surface area contributed by atoms with E-state index in [0.717, 1.165) is 29.9 Å². The number of aromatic amines is 1. The van der Waals surface area contributed by atoms with E-state index in [1.54, 1.807) is 4.90 Å². The van der Waals surface area contributed by atoms with Crippen molar-refractivity contribution in [1.82, 2.24) is 14.5 Å².